The summed E-state index contributed by atoms with van der Waals surface area (Å²) in [6, 6.07) is 3.60. The Hall–Kier alpha value is -2.11. The van der Waals surface area contributed by atoms with Gasteiger partial charge in [-0.2, -0.15) is 4.98 Å². The van der Waals surface area contributed by atoms with Crippen LogP contribution < -0.4 is 5.73 Å². The van der Waals surface area contributed by atoms with Crippen molar-refractivity contribution >= 4 is 5.95 Å². The Bertz CT molecular complexity index is 468. The highest BCUT2D eigenvalue weighted by Crippen LogP contribution is 2.26. The van der Waals surface area contributed by atoms with E-state index in [-0.39, 0.29) is 11.7 Å². The molecule has 0 atom stereocenters. The predicted molar refractivity (Wildman–Crippen MR) is 47.9 cm³/mol. The van der Waals surface area contributed by atoms with Crippen molar-refractivity contribution in [3.8, 4) is 17.1 Å². The van der Waals surface area contributed by atoms with E-state index in [2.05, 4.69) is 15.2 Å². The molecule has 5 nitrogen and oxygen atoms in total. The van der Waals surface area contributed by atoms with Gasteiger partial charge in [-0.25, -0.2) is 4.39 Å². The lowest BCUT2D eigenvalue weighted by Gasteiger charge is -1.99. The summed E-state index contributed by atoms with van der Waals surface area (Å²) in [5, 5.41) is 15.5. The highest BCUT2D eigenvalue weighted by molar-refractivity contribution is 5.63. The number of phenolic OH excluding ortho intramolecular Hbond substituents is 1. The van der Waals surface area contributed by atoms with Gasteiger partial charge in [0, 0.05) is 6.07 Å². The van der Waals surface area contributed by atoms with Crippen molar-refractivity contribution in [3.05, 3.63) is 24.0 Å². The van der Waals surface area contributed by atoms with Crippen LogP contribution in [0.3, 0.4) is 0 Å². The second-order valence-electron chi connectivity index (χ2n) is 2.70. The smallest absolute Gasteiger partial charge is 0.239 e. The summed E-state index contributed by atoms with van der Waals surface area (Å²) in [7, 11) is 0. The Balaban J connectivity index is 2.52. The first-order chi connectivity index (χ1) is 6.66. The molecule has 0 bridgehead atoms. The average molecular weight is 194 g/mol. The third-order valence-electron chi connectivity index (χ3n) is 1.72. The van der Waals surface area contributed by atoms with Gasteiger partial charge in [0.15, 0.2) is 5.82 Å². The Morgan fingerprint density at radius 1 is 1.43 bits per heavy atom. The molecule has 0 amide bonds. The lowest BCUT2D eigenvalue weighted by atomic mass is 10.2. The molecule has 0 aliphatic carbocycles. The number of aromatic amines is 1. The summed E-state index contributed by atoms with van der Waals surface area (Å²) in [6.45, 7) is 0. The summed E-state index contributed by atoms with van der Waals surface area (Å²) in [4.78, 5) is 3.80. The Morgan fingerprint density at radius 3 is 2.79 bits per heavy atom. The Kier molecular flexibility index (Phi) is 1.81. The van der Waals surface area contributed by atoms with E-state index in [1.165, 1.54) is 12.1 Å². The number of nitrogens with one attached hydrogen (secondary N) is 1. The fraction of sp³-hybridized carbons (Fsp3) is 0. The van der Waals surface area contributed by atoms with Gasteiger partial charge in [-0.05, 0) is 12.1 Å². The summed E-state index contributed by atoms with van der Waals surface area (Å²) in [5.74, 6) is -0.344. The van der Waals surface area contributed by atoms with Gasteiger partial charge < -0.3 is 10.8 Å². The average Bonchev–Trinajstić information content (AvgIpc) is 2.51. The molecular weight excluding hydrogens is 187 g/mol. The molecule has 4 N–H and O–H groups in total. The maximum atomic E-state index is 12.6. The molecule has 72 valence electrons. The quantitative estimate of drug-likeness (QED) is 0.629. The van der Waals surface area contributed by atoms with E-state index < -0.39 is 5.82 Å². The maximum absolute atomic E-state index is 12.6. The van der Waals surface area contributed by atoms with E-state index >= 15 is 0 Å². The van der Waals surface area contributed by atoms with Gasteiger partial charge in [0.25, 0.3) is 0 Å². The van der Waals surface area contributed by atoms with Crippen LogP contribution in [0, 0.1) is 5.82 Å². The number of H-pyrrole nitrogens is 1. The number of nitrogens with zero attached hydrogens (tertiary/aromatic N) is 2. The van der Waals surface area contributed by atoms with E-state index in [0.29, 0.717) is 11.4 Å². The lowest BCUT2D eigenvalue weighted by Crippen LogP contribution is -1.86. The molecule has 0 fully saturated rings. The van der Waals surface area contributed by atoms with Crippen LogP contribution in [0.15, 0.2) is 18.2 Å². The van der Waals surface area contributed by atoms with Crippen molar-refractivity contribution in [1.29, 1.82) is 0 Å². The minimum Gasteiger partial charge on any atom is -0.507 e. The van der Waals surface area contributed by atoms with Crippen molar-refractivity contribution in [2.75, 3.05) is 5.73 Å². The van der Waals surface area contributed by atoms with Gasteiger partial charge in [-0.3, -0.25) is 5.10 Å². The summed E-state index contributed by atoms with van der Waals surface area (Å²) in [5.41, 5.74) is 5.64. The van der Waals surface area contributed by atoms with Crippen LogP contribution in [-0.2, 0) is 0 Å². The zero-order valence-electron chi connectivity index (χ0n) is 7.03. The Labute approximate surface area is 78.4 Å². The summed E-state index contributed by atoms with van der Waals surface area (Å²) in [6.07, 6.45) is 0. The normalized spacial score (nSPS) is 10.4. The van der Waals surface area contributed by atoms with Crippen molar-refractivity contribution in [2.24, 2.45) is 0 Å². The molecule has 0 unspecified atom stereocenters. The topological polar surface area (TPSA) is 87.8 Å². The third kappa shape index (κ3) is 1.37. The minimum atomic E-state index is -0.515. The zero-order chi connectivity index (χ0) is 10.1. The first-order valence-corrected chi connectivity index (χ1v) is 3.83. The van der Waals surface area contributed by atoms with Crippen molar-refractivity contribution < 1.29 is 9.50 Å². The molecule has 6 heteroatoms. The molecule has 2 rings (SSSR count). The van der Waals surface area contributed by atoms with Gasteiger partial charge in [-0.1, -0.05) is 0 Å². The van der Waals surface area contributed by atoms with Gasteiger partial charge >= 0.3 is 0 Å². The first kappa shape index (κ1) is 8.49. The number of benzene rings is 1. The molecule has 0 aliphatic heterocycles. The number of phenols is 1. The number of anilines is 1. The second kappa shape index (κ2) is 2.99. The fourth-order valence-corrected chi connectivity index (χ4v) is 1.10. The van der Waals surface area contributed by atoms with E-state index in [1.807, 2.05) is 0 Å². The number of aromatic nitrogens is 3. The Morgan fingerprint density at radius 2 is 2.21 bits per heavy atom. The minimum absolute atomic E-state index is 0.0729. The van der Waals surface area contributed by atoms with Crippen LogP contribution in [0.2, 0.25) is 0 Å². The van der Waals surface area contributed by atoms with Crippen LogP contribution >= 0.6 is 0 Å². The van der Waals surface area contributed by atoms with Gasteiger partial charge in [-0.15, -0.1) is 5.10 Å². The van der Waals surface area contributed by atoms with Crippen molar-refractivity contribution in [2.45, 2.75) is 0 Å². The van der Waals surface area contributed by atoms with Crippen LogP contribution in [0.1, 0.15) is 0 Å². The highest BCUT2D eigenvalue weighted by atomic mass is 19.1. The third-order valence-corrected chi connectivity index (χ3v) is 1.72. The van der Waals surface area contributed by atoms with Crippen molar-refractivity contribution in [1.82, 2.24) is 15.2 Å². The fourth-order valence-electron chi connectivity index (χ4n) is 1.10. The second-order valence-corrected chi connectivity index (χ2v) is 2.70. The molecule has 2 aromatic rings. The number of hydrogen-bond acceptors (Lipinski definition) is 4. The molecule has 0 saturated carbocycles. The molecule has 0 aliphatic rings. The standard InChI is InChI=1S/C8H7FN4O/c9-4-1-2-5(6(14)3-4)7-11-8(10)13-12-7/h1-3,14H,(H3,10,11,12,13). The van der Waals surface area contributed by atoms with E-state index in [9.17, 15) is 9.50 Å². The maximum Gasteiger partial charge on any atom is 0.239 e. The molecule has 0 saturated heterocycles. The number of hydrogen-bond donors (Lipinski definition) is 3. The van der Waals surface area contributed by atoms with E-state index in [1.54, 1.807) is 0 Å². The monoisotopic (exact) mass is 194 g/mol. The zero-order valence-corrected chi connectivity index (χ0v) is 7.03. The number of halogens is 1. The largest absolute Gasteiger partial charge is 0.507 e. The SMILES string of the molecule is Nc1n[nH]c(-c2ccc(F)cc2O)n1. The number of aromatic hydroxyl groups is 1. The van der Waals surface area contributed by atoms with Crippen LogP contribution in [0.25, 0.3) is 11.4 Å². The molecule has 14 heavy (non-hydrogen) atoms. The number of nitrogen functional groups attached to an aromatic ring is 1. The van der Waals surface area contributed by atoms with Crippen LogP contribution in [0.5, 0.6) is 5.75 Å². The lowest BCUT2D eigenvalue weighted by molar-refractivity contribution is 0.470. The first-order valence-electron chi connectivity index (χ1n) is 3.83. The van der Waals surface area contributed by atoms with Crippen molar-refractivity contribution in [3.63, 3.8) is 0 Å². The molecule has 1 aromatic heterocycles. The summed E-state index contributed by atoms with van der Waals surface area (Å²) < 4.78 is 12.6. The van der Waals surface area contributed by atoms with Gasteiger partial charge in [0.2, 0.25) is 5.95 Å². The molecule has 0 radical (unpaired) electrons. The van der Waals surface area contributed by atoms with E-state index in [0.717, 1.165) is 6.07 Å². The van der Waals surface area contributed by atoms with E-state index in [4.69, 9.17) is 5.73 Å². The number of nitrogens with two attached hydrogens (primary N) is 1. The predicted octanol–water partition coefficient (Wildman–Crippen LogP) is 0.899. The van der Waals surface area contributed by atoms with Crippen LogP contribution in [-0.4, -0.2) is 20.3 Å². The summed E-state index contributed by atoms with van der Waals surface area (Å²) >= 11 is 0. The highest BCUT2D eigenvalue weighted by Gasteiger charge is 2.08. The molecular formula is C8H7FN4O. The molecule has 1 heterocycles. The van der Waals surface area contributed by atoms with Gasteiger partial charge in [0.05, 0.1) is 5.56 Å². The molecule has 1 aromatic carbocycles. The number of rotatable bonds is 1. The van der Waals surface area contributed by atoms with Crippen LogP contribution in [0.4, 0.5) is 10.3 Å². The molecule has 0 spiro atoms. The van der Waals surface area contributed by atoms with Gasteiger partial charge in [0.1, 0.15) is 11.6 Å².